The Labute approximate surface area is 146 Å². The van der Waals surface area contributed by atoms with Crippen LogP contribution in [0.3, 0.4) is 0 Å². The van der Waals surface area contributed by atoms with Crippen LogP contribution in [0.15, 0.2) is 12.2 Å². The van der Waals surface area contributed by atoms with Gasteiger partial charge in [0.15, 0.2) is 0 Å². The first kappa shape index (κ1) is 19.0. The van der Waals surface area contributed by atoms with Crippen molar-refractivity contribution in [1.82, 2.24) is 5.32 Å². The van der Waals surface area contributed by atoms with Crippen LogP contribution >= 0.6 is 0 Å². The van der Waals surface area contributed by atoms with Crippen LogP contribution in [0.2, 0.25) is 0 Å². The van der Waals surface area contributed by atoms with E-state index in [0.29, 0.717) is 12.8 Å². The molecule has 2 rings (SSSR count). The first-order valence-electron chi connectivity index (χ1n) is 9.86. The molecule has 4 heteroatoms. The number of rotatable bonds is 3. The summed E-state index contributed by atoms with van der Waals surface area (Å²) in [6.07, 6.45) is 18.4. The molecule has 0 saturated heterocycles. The molecule has 136 valence electrons. The van der Waals surface area contributed by atoms with Crippen molar-refractivity contribution >= 4 is 11.9 Å². The van der Waals surface area contributed by atoms with Crippen molar-refractivity contribution in [2.24, 2.45) is 11.8 Å². The maximum Gasteiger partial charge on any atom is 0.307 e. The number of carbonyl (C=O) groups is 2. The molecule has 2 aliphatic rings. The van der Waals surface area contributed by atoms with E-state index in [1.54, 1.807) is 0 Å². The molecule has 1 amide bonds. The molecule has 0 aromatic heterocycles. The molecule has 0 aromatic rings. The molecular weight excluding hydrogens is 302 g/mol. The Balaban J connectivity index is 1.88. The highest BCUT2D eigenvalue weighted by molar-refractivity contribution is 5.85. The van der Waals surface area contributed by atoms with Crippen molar-refractivity contribution in [1.29, 1.82) is 0 Å². The summed E-state index contributed by atoms with van der Waals surface area (Å²) in [6, 6.07) is 0.220. The molecule has 0 heterocycles. The lowest BCUT2D eigenvalue weighted by Gasteiger charge is -2.27. The third kappa shape index (κ3) is 6.29. The fraction of sp³-hybridized carbons (Fsp3) is 0.800. The van der Waals surface area contributed by atoms with Gasteiger partial charge < -0.3 is 10.4 Å². The minimum Gasteiger partial charge on any atom is -0.481 e. The highest BCUT2D eigenvalue weighted by Gasteiger charge is 2.34. The van der Waals surface area contributed by atoms with Crippen molar-refractivity contribution < 1.29 is 14.7 Å². The second kappa shape index (κ2) is 10.5. The molecule has 0 radical (unpaired) electrons. The summed E-state index contributed by atoms with van der Waals surface area (Å²) in [5.41, 5.74) is 0. The summed E-state index contributed by atoms with van der Waals surface area (Å²) >= 11 is 0. The monoisotopic (exact) mass is 335 g/mol. The maximum absolute atomic E-state index is 12.6. The number of carboxylic acid groups (broad SMARTS) is 1. The standard InChI is InChI=1S/C20H33NO3/c22-19(17-14-10-11-15-18(17)20(23)24)21-16-12-8-6-4-2-1-3-5-7-9-13-16/h10-11,16-18H,1-9,12-15H2,(H,21,22)(H,23,24)/t17-,18+/m0/s1. The van der Waals surface area contributed by atoms with Gasteiger partial charge in [0.1, 0.15) is 0 Å². The average Bonchev–Trinajstić information content (AvgIpc) is 2.57. The molecule has 24 heavy (non-hydrogen) atoms. The molecule has 2 atom stereocenters. The fourth-order valence-corrected chi connectivity index (χ4v) is 3.99. The number of nitrogens with one attached hydrogen (secondary N) is 1. The van der Waals surface area contributed by atoms with Crippen molar-refractivity contribution in [3.8, 4) is 0 Å². The molecule has 4 nitrogen and oxygen atoms in total. The van der Waals surface area contributed by atoms with Crippen LogP contribution in [0.4, 0.5) is 0 Å². The van der Waals surface area contributed by atoms with Gasteiger partial charge in [-0.15, -0.1) is 0 Å². The number of carbonyl (C=O) groups excluding carboxylic acids is 1. The minimum absolute atomic E-state index is 0.0520. The van der Waals surface area contributed by atoms with Gasteiger partial charge >= 0.3 is 5.97 Å². The Morgan fingerprint density at radius 1 is 0.750 bits per heavy atom. The van der Waals surface area contributed by atoms with E-state index in [2.05, 4.69) is 5.32 Å². The third-order valence-corrected chi connectivity index (χ3v) is 5.54. The Bertz CT molecular complexity index is 421. The summed E-state index contributed by atoms with van der Waals surface area (Å²) in [5, 5.41) is 12.5. The molecule has 0 unspecified atom stereocenters. The Kier molecular flexibility index (Phi) is 8.34. The van der Waals surface area contributed by atoms with Crippen molar-refractivity contribution in [3.05, 3.63) is 12.2 Å². The lowest BCUT2D eigenvalue weighted by Crippen LogP contribution is -2.43. The van der Waals surface area contributed by atoms with Crippen LogP contribution in [0.1, 0.15) is 83.5 Å². The Hall–Kier alpha value is -1.32. The molecule has 1 saturated carbocycles. The smallest absolute Gasteiger partial charge is 0.307 e. The van der Waals surface area contributed by atoms with Gasteiger partial charge in [-0.2, -0.15) is 0 Å². The zero-order valence-electron chi connectivity index (χ0n) is 14.8. The van der Waals surface area contributed by atoms with Gasteiger partial charge in [-0.1, -0.05) is 69.9 Å². The third-order valence-electron chi connectivity index (χ3n) is 5.54. The van der Waals surface area contributed by atoms with Gasteiger partial charge in [0, 0.05) is 6.04 Å². The van der Waals surface area contributed by atoms with Gasteiger partial charge in [-0.3, -0.25) is 9.59 Å². The Morgan fingerprint density at radius 2 is 1.21 bits per heavy atom. The van der Waals surface area contributed by atoms with E-state index < -0.39 is 17.8 Å². The quantitative estimate of drug-likeness (QED) is 0.749. The van der Waals surface area contributed by atoms with E-state index in [-0.39, 0.29) is 11.9 Å². The predicted molar refractivity (Wildman–Crippen MR) is 95.7 cm³/mol. The summed E-state index contributed by atoms with van der Waals surface area (Å²) in [6.45, 7) is 0. The fourth-order valence-electron chi connectivity index (χ4n) is 3.99. The summed E-state index contributed by atoms with van der Waals surface area (Å²) < 4.78 is 0. The average molecular weight is 335 g/mol. The lowest BCUT2D eigenvalue weighted by atomic mass is 9.82. The number of carboxylic acids is 1. The van der Waals surface area contributed by atoms with Crippen LogP contribution in [-0.4, -0.2) is 23.0 Å². The molecule has 0 bridgehead atoms. The predicted octanol–water partition coefficient (Wildman–Crippen LogP) is 4.44. The van der Waals surface area contributed by atoms with Crippen LogP contribution < -0.4 is 5.32 Å². The molecule has 1 fully saturated rings. The zero-order valence-corrected chi connectivity index (χ0v) is 14.8. The minimum atomic E-state index is -0.849. The van der Waals surface area contributed by atoms with E-state index in [1.165, 1.54) is 44.9 Å². The number of hydrogen-bond acceptors (Lipinski definition) is 2. The summed E-state index contributed by atoms with van der Waals surface area (Å²) in [4.78, 5) is 24.1. The van der Waals surface area contributed by atoms with E-state index >= 15 is 0 Å². The van der Waals surface area contributed by atoms with Crippen LogP contribution in [-0.2, 0) is 9.59 Å². The van der Waals surface area contributed by atoms with Crippen LogP contribution in [0.25, 0.3) is 0 Å². The van der Waals surface area contributed by atoms with E-state index in [1.807, 2.05) is 12.2 Å². The zero-order chi connectivity index (χ0) is 17.2. The lowest BCUT2D eigenvalue weighted by molar-refractivity contribution is -0.147. The number of allylic oxidation sites excluding steroid dienone is 2. The molecule has 0 spiro atoms. The molecule has 2 aliphatic carbocycles. The molecular formula is C20H33NO3. The first-order valence-corrected chi connectivity index (χ1v) is 9.86. The van der Waals surface area contributed by atoms with E-state index in [0.717, 1.165) is 25.7 Å². The highest BCUT2D eigenvalue weighted by Crippen LogP contribution is 2.27. The van der Waals surface area contributed by atoms with Crippen LogP contribution in [0.5, 0.6) is 0 Å². The van der Waals surface area contributed by atoms with Gasteiger partial charge in [0.05, 0.1) is 11.8 Å². The van der Waals surface area contributed by atoms with Crippen LogP contribution in [0, 0.1) is 11.8 Å². The van der Waals surface area contributed by atoms with E-state index in [9.17, 15) is 14.7 Å². The second-order valence-corrected chi connectivity index (χ2v) is 7.46. The number of aliphatic carboxylic acids is 1. The number of amides is 1. The van der Waals surface area contributed by atoms with Crippen molar-refractivity contribution in [2.75, 3.05) is 0 Å². The maximum atomic E-state index is 12.6. The van der Waals surface area contributed by atoms with Crippen molar-refractivity contribution in [3.63, 3.8) is 0 Å². The number of hydrogen-bond donors (Lipinski definition) is 2. The Morgan fingerprint density at radius 3 is 1.71 bits per heavy atom. The molecule has 0 aromatic carbocycles. The largest absolute Gasteiger partial charge is 0.481 e. The molecule has 0 aliphatic heterocycles. The first-order chi connectivity index (χ1) is 11.7. The van der Waals surface area contributed by atoms with Gasteiger partial charge in [-0.25, -0.2) is 0 Å². The summed E-state index contributed by atoms with van der Waals surface area (Å²) in [5.74, 6) is -1.88. The molecule has 2 N–H and O–H groups in total. The van der Waals surface area contributed by atoms with Gasteiger partial charge in [0.2, 0.25) is 5.91 Å². The van der Waals surface area contributed by atoms with Gasteiger partial charge in [0.25, 0.3) is 0 Å². The topological polar surface area (TPSA) is 66.4 Å². The SMILES string of the molecule is O=C(NC1CCCCCCCCCCC1)[C@H]1CC=CC[C@H]1C(=O)O. The van der Waals surface area contributed by atoms with Crippen molar-refractivity contribution in [2.45, 2.75) is 89.5 Å². The van der Waals surface area contributed by atoms with Gasteiger partial charge in [-0.05, 0) is 25.7 Å². The second-order valence-electron chi connectivity index (χ2n) is 7.46. The normalized spacial score (nSPS) is 27.7. The summed E-state index contributed by atoms with van der Waals surface area (Å²) in [7, 11) is 0. The van der Waals surface area contributed by atoms with E-state index in [4.69, 9.17) is 0 Å². The highest BCUT2D eigenvalue weighted by atomic mass is 16.4.